The van der Waals surface area contributed by atoms with Gasteiger partial charge in [0.2, 0.25) is 23.6 Å². The Labute approximate surface area is 374 Å². The molecular formula is C46H58N10O9. The summed E-state index contributed by atoms with van der Waals surface area (Å²) in [5.74, 6) is -2.44. The molecular weight excluding hydrogens is 837 g/mol. The number of aromatic nitrogens is 3. The van der Waals surface area contributed by atoms with Crippen LogP contribution in [0.25, 0.3) is 21.7 Å². The number of hydrogen-bond donors (Lipinski definition) is 9. The number of carbonyl (C=O) groups is 5. The minimum atomic E-state index is -1.41. The maximum Gasteiger partial charge on any atom is 0.330 e. The number of nitrogens with zero attached hydrogens (tertiary/aromatic N) is 2. The first-order valence-corrected chi connectivity index (χ1v) is 21.5. The highest BCUT2D eigenvalue weighted by Crippen LogP contribution is 2.27. The highest BCUT2D eigenvalue weighted by Gasteiger charge is 2.38. The molecule has 346 valence electrons. The van der Waals surface area contributed by atoms with Crippen molar-refractivity contribution in [3.63, 3.8) is 0 Å². The van der Waals surface area contributed by atoms with Gasteiger partial charge in [0.05, 0.1) is 18.7 Å². The van der Waals surface area contributed by atoms with Crippen LogP contribution in [-0.4, -0.2) is 117 Å². The average molecular weight is 895 g/mol. The highest BCUT2D eigenvalue weighted by molar-refractivity contribution is 5.94. The van der Waals surface area contributed by atoms with Crippen LogP contribution in [-0.2, 0) is 36.8 Å². The van der Waals surface area contributed by atoms with Gasteiger partial charge in [0.25, 0.3) is 5.56 Å². The molecule has 2 aromatic heterocycles. The molecule has 0 aliphatic carbocycles. The van der Waals surface area contributed by atoms with E-state index < -0.39 is 83.5 Å². The lowest BCUT2D eigenvalue weighted by molar-refractivity contribution is -0.136. The monoisotopic (exact) mass is 894 g/mol. The number of carbonyl (C=O) groups excluding carboxylic acids is 5. The van der Waals surface area contributed by atoms with Gasteiger partial charge in [-0.15, -0.1) is 0 Å². The first-order valence-electron chi connectivity index (χ1n) is 21.5. The molecule has 3 aromatic carbocycles. The molecule has 0 saturated carbocycles. The number of aromatic amines is 2. The van der Waals surface area contributed by atoms with E-state index in [-0.39, 0.29) is 37.8 Å². The molecule has 1 aliphatic rings. The molecule has 0 bridgehead atoms. The van der Waals surface area contributed by atoms with Crippen molar-refractivity contribution in [3.05, 3.63) is 117 Å². The standard InChI is InChI=1S/C46H58N10O9/c1-26(55(5)38(59)22-47)39(42(62)49-24-31-21-36(57)43(65-31)56-17-16-37(58)53-45(56)64)54-41(61)34(19-27-14-15-28-10-6-7-11-29(28)18-27)51-44(63)52-35(40(60)50-25-46(2,3)4)20-30-23-48-33-13-9-8-12-32(30)33/h6-18,23,26,31,34-36,39,43,48,57H,19-22,24-25,47H2,1-5H3,(H,49,62)(H,50,60)(H,54,61)(H2,51,52,63)(H,53,58,64)/t26-,31+,34-,35-,36+,39-,43+/m0/s1. The zero-order chi connectivity index (χ0) is 47.0. The number of para-hydroxylation sites is 1. The van der Waals surface area contributed by atoms with E-state index in [1.54, 1.807) is 13.1 Å². The molecule has 0 radical (unpaired) electrons. The molecule has 3 heterocycles. The van der Waals surface area contributed by atoms with E-state index in [1.165, 1.54) is 18.1 Å². The summed E-state index contributed by atoms with van der Waals surface area (Å²) < 4.78 is 6.93. The van der Waals surface area contributed by atoms with Gasteiger partial charge in [-0.05, 0) is 40.3 Å². The van der Waals surface area contributed by atoms with Crippen LogP contribution in [0.4, 0.5) is 4.79 Å². The fraction of sp³-hybridized carbons (Fsp3) is 0.413. The molecule has 0 spiro atoms. The first-order chi connectivity index (χ1) is 30.9. The highest BCUT2D eigenvalue weighted by atomic mass is 16.5. The Morgan fingerprint density at radius 1 is 0.892 bits per heavy atom. The predicted octanol–water partition coefficient (Wildman–Crippen LogP) is 0.910. The van der Waals surface area contributed by atoms with Crippen LogP contribution in [0.15, 0.2) is 94.8 Å². The number of fused-ring (bicyclic) bond motifs is 2. The number of urea groups is 1. The number of H-pyrrole nitrogens is 2. The zero-order valence-electron chi connectivity index (χ0n) is 37.1. The van der Waals surface area contributed by atoms with Crippen molar-refractivity contribution in [1.29, 1.82) is 0 Å². The molecule has 7 atom stereocenters. The molecule has 6 rings (SSSR count). The number of benzene rings is 3. The van der Waals surface area contributed by atoms with Crippen molar-refractivity contribution >= 4 is 51.3 Å². The second kappa shape index (κ2) is 20.8. The van der Waals surface area contributed by atoms with Gasteiger partial charge in [-0.1, -0.05) is 81.4 Å². The molecule has 1 saturated heterocycles. The van der Waals surface area contributed by atoms with E-state index in [9.17, 15) is 38.7 Å². The van der Waals surface area contributed by atoms with Gasteiger partial charge in [0, 0.05) is 68.8 Å². The second-order valence-electron chi connectivity index (χ2n) is 17.6. The minimum Gasteiger partial charge on any atom is -0.388 e. The van der Waals surface area contributed by atoms with Crippen molar-refractivity contribution in [1.82, 2.24) is 46.0 Å². The van der Waals surface area contributed by atoms with Crippen LogP contribution in [0.3, 0.4) is 0 Å². The number of aliphatic hydroxyl groups is 1. The van der Waals surface area contributed by atoms with Crippen LogP contribution in [0.1, 0.15) is 51.5 Å². The topological polar surface area (TPSA) is 275 Å². The largest absolute Gasteiger partial charge is 0.388 e. The molecule has 1 fully saturated rings. The van der Waals surface area contributed by atoms with E-state index >= 15 is 0 Å². The van der Waals surface area contributed by atoms with Crippen molar-refractivity contribution < 1.29 is 33.8 Å². The third kappa shape index (κ3) is 12.3. The Kier molecular flexibility index (Phi) is 15.2. The van der Waals surface area contributed by atoms with Crippen molar-refractivity contribution in [3.8, 4) is 0 Å². The lowest BCUT2D eigenvalue weighted by Gasteiger charge is -2.33. The maximum atomic E-state index is 14.6. The average Bonchev–Trinajstić information content (AvgIpc) is 3.86. The summed E-state index contributed by atoms with van der Waals surface area (Å²) in [4.78, 5) is 99.9. The van der Waals surface area contributed by atoms with Crippen LogP contribution >= 0.6 is 0 Å². The number of hydrogen-bond acceptors (Lipinski definition) is 10. The number of rotatable bonds is 17. The molecule has 10 N–H and O–H groups in total. The van der Waals surface area contributed by atoms with Crippen molar-refractivity contribution in [2.45, 2.75) is 89.6 Å². The Morgan fingerprint density at radius 3 is 2.29 bits per heavy atom. The number of nitrogens with two attached hydrogens (primary N) is 1. The van der Waals surface area contributed by atoms with Gasteiger partial charge in [-0.3, -0.25) is 33.5 Å². The Morgan fingerprint density at radius 2 is 1.58 bits per heavy atom. The van der Waals surface area contributed by atoms with Gasteiger partial charge in [-0.2, -0.15) is 0 Å². The summed E-state index contributed by atoms with van der Waals surface area (Å²) in [6, 6.07) is 16.4. The third-order valence-electron chi connectivity index (χ3n) is 11.4. The van der Waals surface area contributed by atoms with Gasteiger partial charge >= 0.3 is 11.7 Å². The summed E-state index contributed by atoms with van der Waals surface area (Å²) in [5, 5.41) is 27.5. The molecule has 19 nitrogen and oxygen atoms in total. The van der Waals surface area contributed by atoms with E-state index in [0.717, 1.165) is 37.9 Å². The number of likely N-dealkylation sites (N-methyl/N-ethyl adjacent to an activating group) is 1. The van der Waals surface area contributed by atoms with Gasteiger partial charge in [0.15, 0.2) is 6.23 Å². The fourth-order valence-corrected chi connectivity index (χ4v) is 7.69. The van der Waals surface area contributed by atoms with E-state index in [2.05, 4.69) is 36.6 Å². The Bertz CT molecular complexity index is 2640. The maximum absolute atomic E-state index is 14.6. The smallest absolute Gasteiger partial charge is 0.330 e. The summed E-state index contributed by atoms with van der Waals surface area (Å²) >= 11 is 0. The van der Waals surface area contributed by atoms with Crippen molar-refractivity contribution in [2.24, 2.45) is 11.1 Å². The number of aliphatic hydroxyl groups excluding tert-OH is 1. The summed E-state index contributed by atoms with van der Waals surface area (Å²) in [6.07, 6.45) is -0.0225. The number of amides is 6. The summed E-state index contributed by atoms with van der Waals surface area (Å²) in [5.41, 5.74) is 6.34. The molecule has 19 heteroatoms. The minimum absolute atomic E-state index is 0.0110. The Hall–Kier alpha value is -6.83. The summed E-state index contributed by atoms with van der Waals surface area (Å²) in [6.45, 7) is 7.25. The third-order valence-corrected chi connectivity index (χ3v) is 11.4. The second-order valence-corrected chi connectivity index (χ2v) is 17.6. The molecule has 0 unspecified atom stereocenters. The van der Waals surface area contributed by atoms with E-state index in [1.807, 2.05) is 87.5 Å². The van der Waals surface area contributed by atoms with Gasteiger partial charge in [-0.25, -0.2) is 9.59 Å². The van der Waals surface area contributed by atoms with Crippen LogP contribution in [0.2, 0.25) is 0 Å². The lowest BCUT2D eigenvalue weighted by atomic mass is 9.96. The van der Waals surface area contributed by atoms with Gasteiger partial charge in [0.1, 0.15) is 24.2 Å². The van der Waals surface area contributed by atoms with Crippen LogP contribution in [0.5, 0.6) is 0 Å². The molecule has 5 aromatic rings. The first kappa shape index (κ1) is 47.6. The lowest BCUT2D eigenvalue weighted by Crippen LogP contribution is -2.62. The number of ether oxygens (including phenoxy) is 1. The molecule has 65 heavy (non-hydrogen) atoms. The normalized spacial score (nSPS) is 18.0. The number of nitrogens with one attached hydrogen (secondary N) is 7. The SMILES string of the molecule is C[C@@H]([C@H](NC(=O)[C@H](Cc1ccc2ccccc2c1)NC(=O)N[C@@H](Cc1c[nH]c2ccccc12)C(=O)NCC(C)(C)C)C(=O)NC[C@H]1C[C@@H](O)[C@H](n2ccc(=O)[nH]c2=O)O1)N(C)C(=O)CN. The van der Waals surface area contributed by atoms with Crippen molar-refractivity contribution in [2.75, 3.05) is 26.7 Å². The van der Waals surface area contributed by atoms with E-state index in [0.29, 0.717) is 12.1 Å². The van der Waals surface area contributed by atoms with E-state index in [4.69, 9.17) is 10.5 Å². The molecule has 1 aliphatic heterocycles. The van der Waals surface area contributed by atoms with Crippen LogP contribution in [0, 0.1) is 5.41 Å². The predicted molar refractivity (Wildman–Crippen MR) is 243 cm³/mol. The fourth-order valence-electron chi connectivity index (χ4n) is 7.69. The zero-order valence-corrected chi connectivity index (χ0v) is 37.1. The van der Waals surface area contributed by atoms with Gasteiger partial charge < -0.3 is 52.0 Å². The Balaban J connectivity index is 1.24. The quantitative estimate of drug-likeness (QED) is 0.0637. The van der Waals surface area contributed by atoms with Crippen LogP contribution < -0.4 is 43.6 Å². The molecule has 6 amide bonds. The summed E-state index contributed by atoms with van der Waals surface area (Å²) in [7, 11) is 1.44.